The van der Waals surface area contributed by atoms with Crippen molar-refractivity contribution in [1.29, 1.82) is 0 Å². The van der Waals surface area contributed by atoms with E-state index in [0.717, 1.165) is 11.5 Å². The first-order chi connectivity index (χ1) is 6.03. The van der Waals surface area contributed by atoms with Crippen LogP contribution in [-0.2, 0) is 0 Å². The smallest absolute Gasteiger partial charge is 0.125 e. The Labute approximate surface area is 78.0 Å². The van der Waals surface area contributed by atoms with Crippen LogP contribution in [-0.4, -0.2) is 27.2 Å². The molecular weight excluding hydrogens is 166 g/mol. The minimum atomic E-state index is -0.335. The predicted octanol–water partition coefficient (Wildman–Crippen LogP) is 0.968. The van der Waals surface area contributed by atoms with Gasteiger partial charge in [-0.1, -0.05) is 0 Å². The van der Waals surface area contributed by atoms with Crippen LogP contribution in [0, 0.1) is 6.92 Å². The van der Waals surface area contributed by atoms with Crippen LogP contribution in [0.3, 0.4) is 0 Å². The lowest BCUT2D eigenvalue weighted by Crippen LogP contribution is -2.34. The quantitative estimate of drug-likeness (QED) is 0.729. The summed E-state index contributed by atoms with van der Waals surface area (Å²) in [5, 5.41) is 12.1. The molecule has 0 saturated carbocycles. The van der Waals surface area contributed by atoms with Gasteiger partial charge in [0.15, 0.2) is 0 Å². The zero-order valence-corrected chi connectivity index (χ0v) is 8.20. The summed E-state index contributed by atoms with van der Waals surface area (Å²) in [6.45, 7) is 5.72. The number of nitrogens with one attached hydrogen (secondary N) is 1. The van der Waals surface area contributed by atoms with Crippen LogP contribution in [0.5, 0.6) is 0 Å². The molecule has 0 amide bonds. The molecule has 0 unspecified atom stereocenters. The highest BCUT2D eigenvalue weighted by molar-refractivity contribution is 5.40. The van der Waals surface area contributed by atoms with E-state index in [1.54, 1.807) is 12.4 Å². The molecule has 0 aliphatic rings. The van der Waals surface area contributed by atoms with Gasteiger partial charge in [0, 0.05) is 0 Å². The molecule has 0 radical (unpaired) electrons. The van der Waals surface area contributed by atoms with Gasteiger partial charge in [-0.15, -0.1) is 0 Å². The Morgan fingerprint density at radius 2 is 1.92 bits per heavy atom. The SMILES string of the molecule is Cc1ncc(NC(C)(C)CO)cn1. The van der Waals surface area contributed by atoms with Crippen molar-refractivity contribution in [2.24, 2.45) is 0 Å². The van der Waals surface area contributed by atoms with Crippen molar-refractivity contribution in [2.45, 2.75) is 26.3 Å². The molecule has 72 valence electrons. The van der Waals surface area contributed by atoms with Crippen molar-refractivity contribution in [1.82, 2.24) is 9.97 Å². The molecule has 0 saturated heterocycles. The second-order valence-electron chi connectivity index (χ2n) is 3.69. The molecule has 4 heteroatoms. The summed E-state index contributed by atoms with van der Waals surface area (Å²) in [6, 6.07) is 0. The zero-order valence-electron chi connectivity index (χ0n) is 8.20. The van der Waals surface area contributed by atoms with Gasteiger partial charge in [-0.3, -0.25) is 0 Å². The Hall–Kier alpha value is -1.16. The van der Waals surface area contributed by atoms with Crippen LogP contribution in [0.15, 0.2) is 12.4 Å². The average Bonchev–Trinajstić information content (AvgIpc) is 2.09. The van der Waals surface area contributed by atoms with Crippen LogP contribution in [0.4, 0.5) is 5.69 Å². The van der Waals surface area contributed by atoms with Crippen molar-refractivity contribution < 1.29 is 5.11 Å². The highest BCUT2D eigenvalue weighted by Crippen LogP contribution is 2.11. The first kappa shape index (κ1) is 9.92. The third-order valence-electron chi connectivity index (χ3n) is 1.66. The maximum absolute atomic E-state index is 9.01. The monoisotopic (exact) mass is 181 g/mol. The number of hydrogen-bond acceptors (Lipinski definition) is 4. The fraction of sp³-hybridized carbons (Fsp3) is 0.556. The van der Waals surface area contributed by atoms with Gasteiger partial charge in [-0.05, 0) is 20.8 Å². The number of hydrogen-bond donors (Lipinski definition) is 2. The van der Waals surface area contributed by atoms with E-state index >= 15 is 0 Å². The molecule has 4 nitrogen and oxygen atoms in total. The van der Waals surface area contributed by atoms with Gasteiger partial charge in [0.05, 0.1) is 30.2 Å². The maximum Gasteiger partial charge on any atom is 0.125 e. The molecule has 0 aromatic carbocycles. The molecule has 1 aromatic rings. The van der Waals surface area contributed by atoms with Crippen LogP contribution >= 0.6 is 0 Å². The number of nitrogens with zero attached hydrogens (tertiary/aromatic N) is 2. The molecule has 2 N–H and O–H groups in total. The Morgan fingerprint density at radius 1 is 1.38 bits per heavy atom. The second-order valence-corrected chi connectivity index (χ2v) is 3.69. The van der Waals surface area contributed by atoms with E-state index in [9.17, 15) is 0 Å². The molecule has 0 fully saturated rings. The van der Waals surface area contributed by atoms with E-state index in [4.69, 9.17) is 5.11 Å². The molecule has 0 aliphatic heterocycles. The van der Waals surface area contributed by atoms with Crippen molar-refractivity contribution >= 4 is 5.69 Å². The lowest BCUT2D eigenvalue weighted by atomic mass is 10.1. The molecular formula is C9H15N3O. The minimum Gasteiger partial charge on any atom is -0.394 e. The first-order valence-electron chi connectivity index (χ1n) is 4.21. The Morgan fingerprint density at radius 3 is 2.38 bits per heavy atom. The minimum absolute atomic E-state index is 0.0703. The highest BCUT2D eigenvalue weighted by atomic mass is 16.3. The summed E-state index contributed by atoms with van der Waals surface area (Å²) in [5.41, 5.74) is 0.489. The van der Waals surface area contributed by atoms with E-state index in [-0.39, 0.29) is 12.1 Å². The van der Waals surface area contributed by atoms with Gasteiger partial charge < -0.3 is 10.4 Å². The van der Waals surface area contributed by atoms with E-state index in [0.29, 0.717) is 0 Å². The Kier molecular flexibility index (Phi) is 2.83. The van der Waals surface area contributed by atoms with Crippen LogP contribution in [0.1, 0.15) is 19.7 Å². The van der Waals surface area contributed by atoms with E-state index in [1.807, 2.05) is 20.8 Å². The summed E-state index contributed by atoms with van der Waals surface area (Å²) in [5.74, 6) is 0.743. The number of aliphatic hydroxyl groups excluding tert-OH is 1. The van der Waals surface area contributed by atoms with Gasteiger partial charge in [-0.25, -0.2) is 9.97 Å². The van der Waals surface area contributed by atoms with Gasteiger partial charge in [0.2, 0.25) is 0 Å². The lowest BCUT2D eigenvalue weighted by molar-refractivity contribution is 0.234. The number of aryl methyl sites for hydroxylation is 1. The topological polar surface area (TPSA) is 58.0 Å². The summed E-state index contributed by atoms with van der Waals surface area (Å²) in [4.78, 5) is 8.08. The normalized spacial score (nSPS) is 11.4. The van der Waals surface area contributed by atoms with Gasteiger partial charge in [0.1, 0.15) is 5.82 Å². The zero-order chi connectivity index (χ0) is 9.90. The van der Waals surface area contributed by atoms with Crippen molar-refractivity contribution in [3.63, 3.8) is 0 Å². The van der Waals surface area contributed by atoms with Crippen molar-refractivity contribution in [3.05, 3.63) is 18.2 Å². The average molecular weight is 181 g/mol. The van der Waals surface area contributed by atoms with Crippen molar-refractivity contribution in [2.75, 3.05) is 11.9 Å². The number of anilines is 1. The van der Waals surface area contributed by atoms with Gasteiger partial charge in [0.25, 0.3) is 0 Å². The lowest BCUT2D eigenvalue weighted by Gasteiger charge is -2.24. The van der Waals surface area contributed by atoms with Gasteiger partial charge in [-0.2, -0.15) is 0 Å². The third-order valence-corrected chi connectivity index (χ3v) is 1.66. The fourth-order valence-electron chi connectivity index (χ4n) is 0.887. The van der Waals surface area contributed by atoms with Crippen LogP contribution in [0.2, 0.25) is 0 Å². The van der Waals surface area contributed by atoms with Crippen LogP contribution < -0.4 is 5.32 Å². The molecule has 0 atom stereocenters. The van der Waals surface area contributed by atoms with Crippen molar-refractivity contribution in [3.8, 4) is 0 Å². The van der Waals surface area contributed by atoms with E-state index in [2.05, 4.69) is 15.3 Å². The highest BCUT2D eigenvalue weighted by Gasteiger charge is 2.15. The first-order valence-corrected chi connectivity index (χ1v) is 4.21. The Bertz CT molecular complexity index is 269. The van der Waals surface area contributed by atoms with E-state index < -0.39 is 0 Å². The summed E-state index contributed by atoms with van der Waals surface area (Å²) in [6.07, 6.45) is 3.42. The van der Waals surface area contributed by atoms with Crippen LogP contribution in [0.25, 0.3) is 0 Å². The fourth-order valence-corrected chi connectivity index (χ4v) is 0.887. The predicted molar refractivity (Wildman–Crippen MR) is 51.6 cm³/mol. The molecule has 1 heterocycles. The number of aliphatic hydroxyl groups is 1. The van der Waals surface area contributed by atoms with Gasteiger partial charge >= 0.3 is 0 Å². The molecule has 0 spiro atoms. The summed E-state index contributed by atoms with van der Waals surface area (Å²) >= 11 is 0. The number of aromatic nitrogens is 2. The summed E-state index contributed by atoms with van der Waals surface area (Å²) < 4.78 is 0. The third kappa shape index (κ3) is 2.99. The maximum atomic E-state index is 9.01. The molecule has 1 rings (SSSR count). The number of rotatable bonds is 3. The summed E-state index contributed by atoms with van der Waals surface area (Å²) in [7, 11) is 0. The second kappa shape index (κ2) is 3.70. The van der Waals surface area contributed by atoms with E-state index in [1.165, 1.54) is 0 Å². The molecule has 13 heavy (non-hydrogen) atoms. The molecule has 0 bridgehead atoms. The molecule has 0 aliphatic carbocycles. The standard InChI is InChI=1S/C9H15N3O/c1-7-10-4-8(5-11-7)12-9(2,3)6-13/h4-5,12-13H,6H2,1-3H3. The Balaban J connectivity index is 2.69. The largest absolute Gasteiger partial charge is 0.394 e. The molecule has 1 aromatic heterocycles.